The number of hydrogen-bond acceptors (Lipinski definition) is 1. The van der Waals surface area contributed by atoms with Crippen LogP contribution in [0.5, 0.6) is 11.5 Å². The zero-order valence-electron chi connectivity index (χ0n) is 39.7. The first-order valence-electron chi connectivity index (χ1n) is 22.7. The minimum Gasteiger partial charge on any atom is -0.456 e. The second kappa shape index (κ2) is 8.62. The third-order valence-electron chi connectivity index (χ3n) is 9.44. The Balaban J connectivity index is 1.37. The van der Waals surface area contributed by atoms with Crippen LogP contribution in [0, 0.1) is 0 Å². The average molecular weight is 599 g/mol. The van der Waals surface area contributed by atoms with E-state index in [2.05, 4.69) is 0 Å². The molecule has 8 aromatic carbocycles. The molecule has 11 rings (SSSR count). The van der Waals surface area contributed by atoms with Crippen molar-refractivity contribution >= 4 is 21.5 Å². The lowest BCUT2D eigenvalue weighted by atomic mass is 9.70. The van der Waals surface area contributed by atoms with Crippen LogP contribution < -0.4 is 4.74 Å². The van der Waals surface area contributed by atoms with Crippen molar-refractivity contribution < 1.29 is 26.7 Å². The van der Waals surface area contributed by atoms with Gasteiger partial charge in [-0.25, -0.2) is 0 Å². The zero-order chi connectivity index (χ0) is 43.9. The molecule has 1 nitrogen and oxygen atoms in total. The Morgan fingerprint density at radius 2 is 1.24 bits per heavy atom. The Kier molecular flexibility index (Phi) is 2.63. The van der Waals surface area contributed by atoms with Crippen LogP contribution >= 0.6 is 0 Å². The van der Waals surface area contributed by atoms with Crippen LogP contribution in [-0.4, -0.2) is 0 Å². The molecule has 0 bridgehead atoms. The first kappa shape index (κ1) is 14.0. The summed E-state index contributed by atoms with van der Waals surface area (Å²) in [6, 6.07) is 9.07. The monoisotopic (exact) mass is 598 g/mol. The molecule has 2 aliphatic carbocycles. The predicted molar refractivity (Wildman–Crippen MR) is 189 cm³/mol. The number of hydrogen-bond donors (Lipinski definition) is 0. The van der Waals surface area contributed by atoms with Gasteiger partial charge in [0, 0.05) is 10.9 Å². The van der Waals surface area contributed by atoms with Gasteiger partial charge in [-0.15, -0.1) is 0 Å². The van der Waals surface area contributed by atoms with Gasteiger partial charge in [-0.1, -0.05) is 139 Å². The highest BCUT2D eigenvalue weighted by atomic mass is 16.5. The molecule has 0 saturated heterocycles. The van der Waals surface area contributed by atoms with Crippen molar-refractivity contribution in [3.05, 3.63) is 180 Å². The van der Waals surface area contributed by atoms with Gasteiger partial charge in [0.15, 0.2) is 0 Å². The Labute approximate surface area is 289 Å². The highest BCUT2D eigenvalue weighted by Gasteiger charge is 2.52. The molecule has 8 aromatic rings. The smallest absolute Gasteiger partial charge is 0.135 e. The number of ether oxygens (including phenoxy) is 1. The van der Waals surface area contributed by atoms with E-state index in [1.165, 1.54) is 0 Å². The van der Waals surface area contributed by atoms with E-state index >= 15 is 0 Å². The first-order valence-corrected chi connectivity index (χ1v) is 14.7. The molecule has 0 N–H and O–H groups in total. The van der Waals surface area contributed by atoms with Crippen molar-refractivity contribution in [3.8, 4) is 56.0 Å². The topological polar surface area (TPSA) is 9.23 Å². The Hall–Kier alpha value is -5.92. The second-order valence-corrected chi connectivity index (χ2v) is 11.5. The lowest BCUT2D eigenvalue weighted by molar-refractivity contribution is 0.487. The molecule has 0 aromatic heterocycles. The Bertz CT molecular complexity index is 3530. The highest BCUT2D eigenvalue weighted by Crippen LogP contribution is 2.64. The Morgan fingerprint density at radius 3 is 2.22 bits per heavy atom. The molecule has 212 valence electrons. The van der Waals surface area contributed by atoms with Gasteiger partial charge in [0.25, 0.3) is 0 Å². The van der Waals surface area contributed by atoms with Gasteiger partial charge in [-0.05, 0) is 95.5 Å². The molecule has 1 heterocycles. The van der Waals surface area contributed by atoms with E-state index in [0.717, 1.165) is 16.3 Å². The first-order chi connectivity index (χ1) is 29.5. The van der Waals surface area contributed by atoms with E-state index in [-0.39, 0.29) is 44.2 Å². The largest absolute Gasteiger partial charge is 0.456 e. The molecular formula is C45H26O. The Morgan fingerprint density at radius 1 is 0.457 bits per heavy atom. The fraction of sp³-hybridized carbons (Fsp3) is 0.0222. The summed E-state index contributed by atoms with van der Waals surface area (Å²) in [5, 5.41) is 1.17. The number of para-hydroxylation sites is 1. The summed E-state index contributed by atoms with van der Waals surface area (Å²) < 4.78 is 153. The summed E-state index contributed by atoms with van der Waals surface area (Å²) in [5.41, 5.74) is -0.572. The van der Waals surface area contributed by atoms with Crippen molar-refractivity contribution in [1.82, 2.24) is 0 Å². The fourth-order valence-corrected chi connectivity index (χ4v) is 7.66. The normalized spacial score (nSPS) is 21.0. The molecule has 1 aliphatic heterocycles. The molecule has 0 fully saturated rings. The van der Waals surface area contributed by atoms with Crippen molar-refractivity contribution in [2.75, 3.05) is 0 Å². The standard InChI is InChI=1S/C45H26O/c1-2-11-30-27(10-1)21-24-39-43(30)36-14-4-7-18-38(36)45(39)37-17-6-3-12-31(37)32-22-20-28(26-40(32)45)29-23-25-42-44-34(29)15-9-16-35(44)33-13-5-8-19-41(33)46-42/h1-26H/i3D,5D,6D,8D,9D,12D,13D,15D,16D,17D,19D,20D,22D,23D,25D,26D. The molecule has 1 unspecified atom stereocenters. The summed E-state index contributed by atoms with van der Waals surface area (Å²) >= 11 is 0. The maximum absolute atomic E-state index is 10.3. The van der Waals surface area contributed by atoms with Crippen LogP contribution in [0.3, 0.4) is 0 Å². The van der Waals surface area contributed by atoms with Crippen LogP contribution in [0.1, 0.15) is 44.2 Å². The number of rotatable bonds is 1. The van der Waals surface area contributed by atoms with Crippen LogP contribution in [0.25, 0.3) is 66.1 Å². The van der Waals surface area contributed by atoms with E-state index in [4.69, 9.17) is 15.7 Å². The second-order valence-electron chi connectivity index (χ2n) is 11.5. The van der Waals surface area contributed by atoms with Crippen molar-refractivity contribution in [3.63, 3.8) is 0 Å². The van der Waals surface area contributed by atoms with Gasteiger partial charge in [0.05, 0.1) is 27.3 Å². The lowest BCUT2D eigenvalue weighted by Gasteiger charge is -2.31. The predicted octanol–water partition coefficient (Wildman–Crippen LogP) is 11.8. The fourth-order valence-electron chi connectivity index (χ4n) is 7.66. The maximum atomic E-state index is 10.3. The van der Waals surface area contributed by atoms with Gasteiger partial charge in [0.1, 0.15) is 11.5 Å². The number of fused-ring (bicyclic) bond motifs is 14. The molecule has 0 amide bonds. The quantitative estimate of drug-likeness (QED) is 0.183. The van der Waals surface area contributed by atoms with E-state index < -0.39 is 125 Å². The van der Waals surface area contributed by atoms with Crippen LogP contribution in [0.2, 0.25) is 0 Å². The van der Waals surface area contributed by atoms with E-state index in [9.17, 15) is 11.0 Å². The molecule has 0 radical (unpaired) electrons. The average Bonchev–Trinajstić information content (AvgIpc) is 3.76. The van der Waals surface area contributed by atoms with Crippen LogP contribution in [-0.2, 0) is 5.41 Å². The lowest BCUT2D eigenvalue weighted by Crippen LogP contribution is -2.25. The molecule has 0 saturated carbocycles. The van der Waals surface area contributed by atoms with Gasteiger partial charge < -0.3 is 4.74 Å². The van der Waals surface area contributed by atoms with Gasteiger partial charge >= 0.3 is 0 Å². The van der Waals surface area contributed by atoms with Crippen molar-refractivity contribution in [1.29, 1.82) is 0 Å². The molecule has 1 atom stereocenters. The summed E-state index contributed by atoms with van der Waals surface area (Å²) in [4.78, 5) is 0. The molecule has 1 heteroatoms. The number of benzene rings is 8. The zero-order valence-corrected chi connectivity index (χ0v) is 23.7. The maximum Gasteiger partial charge on any atom is 0.135 e. The molecule has 46 heavy (non-hydrogen) atoms. The summed E-state index contributed by atoms with van der Waals surface area (Å²) in [7, 11) is 0. The molecule has 3 aliphatic rings. The van der Waals surface area contributed by atoms with Crippen molar-refractivity contribution in [2.45, 2.75) is 5.41 Å². The van der Waals surface area contributed by atoms with E-state index in [1.54, 1.807) is 6.07 Å². The molecule has 1 spiro atoms. The van der Waals surface area contributed by atoms with E-state index in [0.29, 0.717) is 16.7 Å². The van der Waals surface area contributed by atoms with Crippen LogP contribution in [0.4, 0.5) is 0 Å². The third-order valence-corrected chi connectivity index (χ3v) is 9.44. The molecular weight excluding hydrogens is 556 g/mol. The third kappa shape index (κ3) is 2.87. The van der Waals surface area contributed by atoms with Gasteiger partial charge in [-0.3, -0.25) is 0 Å². The van der Waals surface area contributed by atoms with Gasteiger partial charge in [-0.2, -0.15) is 0 Å². The SMILES string of the molecule is [2H]c1c([2H])c([2H])c2c(c1[2H])Oc1c([2H])c([2H])c(-c3c([2H])c([2H])c4c(c3[2H])C3(c5ccccc5-c5c3ccc3ccccc53)c3c([2H])c([2H])c([2H])c([2H])c3-4)c3c([2H])c([2H])c([2H])c-2c13. The summed E-state index contributed by atoms with van der Waals surface area (Å²) in [6.07, 6.45) is 0. The minimum absolute atomic E-state index is 0.0258. The highest BCUT2D eigenvalue weighted by molar-refractivity contribution is 6.11. The summed E-state index contributed by atoms with van der Waals surface area (Å²) in [6.45, 7) is 0. The minimum atomic E-state index is -1.70. The van der Waals surface area contributed by atoms with E-state index in [1.807, 2.05) is 54.6 Å². The van der Waals surface area contributed by atoms with Gasteiger partial charge in [0.2, 0.25) is 0 Å². The summed E-state index contributed by atoms with van der Waals surface area (Å²) in [5.74, 6) is -0.859. The van der Waals surface area contributed by atoms with Crippen molar-refractivity contribution in [2.24, 2.45) is 0 Å². The van der Waals surface area contributed by atoms with Crippen LogP contribution in [0.15, 0.2) is 157 Å².